The van der Waals surface area contributed by atoms with Gasteiger partial charge in [0, 0.05) is 13.1 Å². The van der Waals surface area contributed by atoms with Crippen LogP contribution in [-0.2, 0) is 9.09 Å². The van der Waals surface area contributed by atoms with E-state index in [4.69, 9.17) is 9.79 Å². The quantitative estimate of drug-likeness (QED) is 0.468. The molecule has 0 fully saturated rings. The molecule has 0 saturated heterocycles. The molecule has 0 rings (SSSR count). The highest BCUT2D eigenvalue weighted by molar-refractivity contribution is 7.46. The number of hydrogen-bond donors (Lipinski definition) is 2. The number of likely N-dealkylation sites (N-methyl/N-ethyl adjacent to an activating group) is 1. The second kappa shape index (κ2) is 5.45. The Labute approximate surface area is 71.9 Å². The molecule has 0 unspecified atom stereocenters. The van der Waals surface area contributed by atoms with Gasteiger partial charge in [-0.05, 0) is 7.05 Å². The van der Waals surface area contributed by atoms with E-state index in [1.165, 1.54) is 0 Å². The Hall–Kier alpha value is -0.190. The van der Waals surface area contributed by atoms with Crippen LogP contribution in [0.5, 0.6) is 0 Å². The first-order chi connectivity index (χ1) is 5.45. The minimum atomic E-state index is -4.29. The fraction of sp³-hybridized carbons (Fsp3) is 0.667. The number of rotatable bonds is 6. The molecule has 12 heavy (non-hydrogen) atoms. The number of nitrogens with zero attached hydrogens (tertiary/aromatic N) is 1. The highest BCUT2D eigenvalue weighted by Crippen LogP contribution is 2.35. The Morgan fingerprint density at radius 2 is 2.25 bits per heavy atom. The molecule has 0 spiro atoms. The average Bonchev–Trinajstić information content (AvgIpc) is 1.84. The number of hydrogen-bond acceptors (Lipinski definition) is 3. The molecular formula is C6H14NO4P. The summed E-state index contributed by atoms with van der Waals surface area (Å²) in [7, 11) is -2.48. The van der Waals surface area contributed by atoms with Crippen LogP contribution in [0, 0.1) is 0 Å². The van der Waals surface area contributed by atoms with Crippen LogP contribution in [0.4, 0.5) is 0 Å². The van der Waals surface area contributed by atoms with Crippen LogP contribution in [0.25, 0.3) is 0 Å². The molecule has 0 heterocycles. The van der Waals surface area contributed by atoms with Gasteiger partial charge in [-0.2, -0.15) is 0 Å². The van der Waals surface area contributed by atoms with Crippen LogP contribution in [-0.4, -0.2) is 41.4 Å². The zero-order valence-corrected chi connectivity index (χ0v) is 7.91. The van der Waals surface area contributed by atoms with Crippen LogP contribution >= 0.6 is 7.82 Å². The number of phosphoric ester groups is 1. The maximum atomic E-state index is 10.2. The Bertz CT molecular complexity index is 178. The smallest absolute Gasteiger partial charge is 0.303 e. The predicted molar refractivity (Wildman–Crippen MR) is 45.7 cm³/mol. The van der Waals surface area contributed by atoms with Gasteiger partial charge in [-0.15, -0.1) is 6.58 Å². The SMILES string of the molecule is C=CCN(C)CCOP(=O)(O)O. The monoisotopic (exact) mass is 195 g/mol. The highest BCUT2D eigenvalue weighted by atomic mass is 31.2. The zero-order valence-electron chi connectivity index (χ0n) is 7.01. The van der Waals surface area contributed by atoms with E-state index in [1.54, 1.807) is 6.08 Å². The lowest BCUT2D eigenvalue weighted by atomic mass is 10.5. The summed E-state index contributed by atoms with van der Waals surface area (Å²) in [6.07, 6.45) is 1.71. The number of phosphoric acid groups is 1. The van der Waals surface area contributed by atoms with Crippen molar-refractivity contribution >= 4 is 7.82 Å². The van der Waals surface area contributed by atoms with Gasteiger partial charge < -0.3 is 14.7 Å². The molecule has 2 N–H and O–H groups in total. The standard InChI is InChI=1S/C6H14NO4P/c1-3-4-7(2)5-6-11-12(8,9)10/h3H,1,4-6H2,2H3,(H2,8,9,10). The van der Waals surface area contributed by atoms with Crippen molar-refractivity contribution in [2.24, 2.45) is 0 Å². The van der Waals surface area contributed by atoms with Gasteiger partial charge in [-0.3, -0.25) is 4.52 Å². The largest absolute Gasteiger partial charge is 0.469 e. The lowest BCUT2D eigenvalue weighted by Gasteiger charge is -2.13. The molecule has 0 aliphatic carbocycles. The fourth-order valence-electron chi connectivity index (χ4n) is 0.627. The molecule has 0 saturated carbocycles. The van der Waals surface area contributed by atoms with Crippen molar-refractivity contribution < 1.29 is 18.9 Å². The summed E-state index contributed by atoms with van der Waals surface area (Å²) in [4.78, 5) is 18.5. The van der Waals surface area contributed by atoms with Crippen LogP contribution in [0.2, 0.25) is 0 Å². The fourth-order valence-corrected chi connectivity index (χ4v) is 0.947. The summed E-state index contributed by atoms with van der Waals surface area (Å²) in [5.74, 6) is 0. The third kappa shape index (κ3) is 7.91. The maximum absolute atomic E-state index is 10.2. The summed E-state index contributed by atoms with van der Waals surface area (Å²) < 4.78 is 14.4. The van der Waals surface area contributed by atoms with E-state index in [0.29, 0.717) is 13.1 Å². The molecular weight excluding hydrogens is 181 g/mol. The van der Waals surface area contributed by atoms with Gasteiger partial charge in [0.25, 0.3) is 0 Å². The van der Waals surface area contributed by atoms with E-state index in [9.17, 15) is 4.57 Å². The molecule has 0 radical (unpaired) electrons. The third-order valence-electron chi connectivity index (χ3n) is 1.17. The molecule has 0 aromatic carbocycles. The molecule has 0 atom stereocenters. The third-order valence-corrected chi connectivity index (χ3v) is 1.69. The van der Waals surface area contributed by atoms with E-state index in [1.807, 2.05) is 11.9 Å². The van der Waals surface area contributed by atoms with Crippen molar-refractivity contribution in [3.63, 3.8) is 0 Å². The van der Waals surface area contributed by atoms with Gasteiger partial charge >= 0.3 is 7.82 Å². The summed E-state index contributed by atoms with van der Waals surface area (Å²) in [6.45, 7) is 4.68. The van der Waals surface area contributed by atoms with Gasteiger partial charge in [-0.1, -0.05) is 6.08 Å². The molecule has 0 aliphatic rings. The molecule has 0 aromatic rings. The van der Waals surface area contributed by atoms with Gasteiger partial charge in [0.05, 0.1) is 6.61 Å². The van der Waals surface area contributed by atoms with E-state index in [-0.39, 0.29) is 6.61 Å². The first kappa shape index (κ1) is 11.8. The van der Waals surface area contributed by atoms with Crippen LogP contribution < -0.4 is 0 Å². The second-order valence-corrected chi connectivity index (χ2v) is 3.61. The molecule has 5 nitrogen and oxygen atoms in total. The molecule has 0 aliphatic heterocycles. The van der Waals surface area contributed by atoms with E-state index >= 15 is 0 Å². The summed E-state index contributed by atoms with van der Waals surface area (Å²) in [5, 5.41) is 0. The van der Waals surface area contributed by atoms with Crippen molar-refractivity contribution in [1.29, 1.82) is 0 Å². The van der Waals surface area contributed by atoms with E-state index in [0.717, 1.165) is 0 Å². The van der Waals surface area contributed by atoms with E-state index < -0.39 is 7.82 Å². The summed E-state index contributed by atoms with van der Waals surface area (Å²) >= 11 is 0. The minimum Gasteiger partial charge on any atom is -0.303 e. The Morgan fingerprint density at radius 1 is 1.67 bits per heavy atom. The lowest BCUT2D eigenvalue weighted by molar-refractivity contribution is 0.176. The Kier molecular flexibility index (Phi) is 5.37. The molecule has 0 aromatic heterocycles. The topological polar surface area (TPSA) is 70.0 Å². The van der Waals surface area contributed by atoms with Crippen LogP contribution in [0.3, 0.4) is 0 Å². The first-order valence-electron chi connectivity index (χ1n) is 3.45. The van der Waals surface area contributed by atoms with Crippen molar-refractivity contribution in [3.05, 3.63) is 12.7 Å². The predicted octanol–water partition coefficient (Wildman–Crippen LogP) is 0.213. The van der Waals surface area contributed by atoms with Gasteiger partial charge in [0.1, 0.15) is 0 Å². The van der Waals surface area contributed by atoms with E-state index in [2.05, 4.69) is 11.1 Å². The Balaban J connectivity index is 3.43. The van der Waals surface area contributed by atoms with Crippen LogP contribution in [0.15, 0.2) is 12.7 Å². The lowest BCUT2D eigenvalue weighted by Crippen LogP contribution is -2.22. The summed E-state index contributed by atoms with van der Waals surface area (Å²) in [5.41, 5.74) is 0. The van der Waals surface area contributed by atoms with Crippen molar-refractivity contribution in [1.82, 2.24) is 4.90 Å². The second-order valence-electron chi connectivity index (χ2n) is 2.37. The normalized spacial score (nSPS) is 12.0. The molecule has 72 valence electrons. The summed E-state index contributed by atoms with van der Waals surface area (Å²) in [6, 6.07) is 0. The van der Waals surface area contributed by atoms with Crippen molar-refractivity contribution in [2.45, 2.75) is 0 Å². The first-order valence-corrected chi connectivity index (χ1v) is 4.98. The zero-order chi connectivity index (χ0) is 9.61. The van der Waals surface area contributed by atoms with Crippen LogP contribution in [0.1, 0.15) is 0 Å². The minimum absolute atomic E-state index is 0.0224. The Morgan fingerprint density at radius 3 is 2.67 bits per heavy atom. The highest BCUT2D eigenvalue weighted by Gasteiger charge is 2.12. The van der Waals surface area contributed by atoms with Gasteiger partial charge in [0.15, 0.2) is 0 Å². The van der Waals surface area contributed by atoms with Gasteiger partial charge in [-0.25, -0.2) is 4.57 Å². The molecule has 0 bridgehead atoms. The molecule has 0 amide bonds. The van der Waals surface area contributed by atoms with Crippen molar-refractivity contribution in [3.8, 4) is 0 Å². The van der Waals surface area contributed by atoms with Gasteiger partial charge in [0.2, 0.25) is 0 Å². The van der Waals surface area contributed by atoms with Crippen molar-refractivity contribution in [2.75, 3.05) is 26.7 Å². The maximum Gasteiger partial charge on any atom is 0.469 e. The average molecular weight is 195 g/mol. The molecule has 6 heteroatoms.